The maximum atomic E-state index is 14.8. The van der Waals surface area contributed by atoms with Crippen LogP contribution in [0.15, 0.2) is 54.6 Å². The zero-order valence-electron chi connectivity index (χ0n) is 15.6. The number of ether oxygens (including phenoxy) is 1. The molecule has 3 nitrogen and oxygen atoms in total. The number of halogens is 3. The van der Waals surface area contributed by atoms with Gasteiger partial charge < -0.3 is 10.5 Å². The molecule has 1 aliphatic rings. The summed E-state index contributed by atoms with van der Waals surface area (Å²) in [6, 6.07) is 14.7. The normalized spacial score (nSPS) is 17.7. The fourth-order valence-electron chi connectivity index (χ4n) is 3.99. The summed E-state index contributed by atoms with van der Waals surface area (Å²) in [5, 5.41) is -0.264. The van der Waals surface area contributed by atoms with Gasteiger partial charge in [0.05, 0.1) is 5.02 Å². The van der Waals surface area contributed by atoms with E-state index in [-0.39, 0.29) is 27.5 Å². The smallest absolute Gasteiger partial charge is 0.249 e. The summed E-state index contributed by atoms with van der Waals surface area (Å²) in [6.45, 7) is 1.97. The number of carbonyl (C=O) groups is 1. The van der Waals surface area contributed by atoms with E-state index in [9.17, 15) is 13.6 Å². The molecule has 4 rings (SSSR count). The molecule has 3 aromatic rings. The molecule has 148 valence electrons. The highest BCUT2D eigenvalue weighted by molar-refractivity contribution is 6.34. The number of rotatable bonds is 4. The van der Waals surface area contributed by atoms with E-state index in [1.165, 1.54) is 24.3 Å². The van der Waals surface area contributed by atoms with Crippen molar-refractivity contribution in [2.45, 2.75) is 25.4 Å². The number of primary amides is 1. The molecule has 0 spiro atoms. The second kappa shape index (κ2) is 7.16. The molecule has 1 aliphatic heterocycles. The average molecular weight is 414 g/mol. The van der Waals surface area contributed by atoms with E-state index in [0.717, 1.165) is 5.56 Å². The molecule has 3 aromatic carbocycles. The van der Waals surface area contributed by atoms with Crippen LogP contribution in [0.1, 0.15) is 34.8 Å². The van der Waals surface area contributed by atoms with Crippen molar-refractivity contribution in [2.75, 3.05) is 0 Å². The van der Waals surface area contributed by atoms with E-state index in [0.29, 0.717) is 18.4 Å². The van der Waals surface area contributed by atoms with Crippen molar-refractivity contribution in [3.8, 4) is 16.9 Å². The van der Waals surface area contributed by atoms with Gasteiger partial charge in [-0.1, -0.05) is 54.9 Å². The summed E-state index contributed by atoms with van der Waals surface area (Å²) in [5.74, 6) is -1.99. The summed E-state index contributed by atoms with van der Waals surface area (Å²) < 4.78 is 35.8. The second-order valence-electron chi connectivity index (χ2n) is 7.04. The van der Waals surface area contributed by atoms with E-state index in [1.807, 2.05) is 37.3 Å². The molecule has 0 saturated carbocycles. The predicted octanol–water partition coefficient (Wildman–Crippen LogP) is 5.62. The van der Waals surface area contributed by atoms with Gasteiger partial charge in [0.2, 0.25) is 5.91 Å². The lowest BCUT2D eigenvalue weighted by atomic mass is 9.84. The van der Waals surface area contributed by atoms with Crippen LogP contribution in [0, 0.1) is 11.6 Å². The molecule has 1 heterocycles. The zero-order chi connectivity index (χ0) is 20.8. The second-order valence-corrected chi connectivity index (χ2v) is 7.42. The highest BCUT2D eigenvalue weighted by Crippen LogP contribution is 2.50. The van der Waals surface area contributed by atoms with Gasteiger partial charge in [0, 0.05) is 34.7 Å². The van der Waals surface area contributed by atoms with Gasteiger partial charge in [-0.3, -0.25) is 4.79 Å². The van der Waals surface area contributed by atoms with Crippen molar-refractivity contribution >= 4 is 17.5 Å². The summed E-state index contributed by atoms with van der Waals surface area (Å²) in [7, 11) is 0. The number of benzene rings is 3. The largest absolute Gasteiger partial charge is 0.482 e. The monoisotopic (exact) mass is 413 g/mol. The summed E-state index contributed by atoms with van der Waals surface area (Å²) >= 11 is 6.29. The van der Waals surface area contributed by atoms with Crippen molar-refractivity contribution in [1.29, 1.82) is 0 Å². The Labute approximate surface area is 172 Å². The van der Waals surface area contributed by atoms with Crippen LogP contribution < -0.4 is 10.5 Å². The van der Waals surface area contributed by atoms with E-state index < -0.39 is 23.1 Å². The number of hydrogen-bond acceptors (Lipinski definition) is 2. The molecule has 0 saturated heterocycles. The third kappa shape index (κ3) is 3.06. The van der Waals surface area contributed by atoms with Crippen LogP contribution in [-0.4, -0.2) is 5.91 Å². The van der Waals surface area contributed by atoms with Crippen LogP contribution in [0.4, 0.5) is 8.78 Å². The van der Waals surface area contributed by atoms with Gasteiger partial charge in [0.1, 0.15) is 23.0 Å². The van der Waals surface area contributed by atoms with Crippen molar-refractivity contribution in [3.63, 3.8) is 0 Å². The third-order valence-corrected chi connectivity index (χ3v) is 5.82. The molecule has 6 heteroatoms. The van der Waals surface area contributed by atoms with Crippen molar-refractivity contribution in [3.05, 3.63) is 87.9 Å². The minimum atomic E-state index is -0.822. The first kappa shape index (κ1) is 19.4. The Kier molecular flexibility index (Phi) is 4.79. The quantitative estimate of drug-likeness (QED) is 0.603. The van der Waals surface area contributed by atoms with Crippen LogP contribution in [-0.2, 0) is 12.0 Å². The first-order valence-electron chi connectivity index (χ1n) is 9.22. The maximum Gasteiger partial charge on any atom is 0.249 e. The lowest BCUT2D eigenvalue weighted by Gasteiger charge is -2.28. The van der Waals surface area contributed by atoms with Gasteiger partial charge >= 0.3 is 0 Å². The van der Waals surface area contributed by atoms with E-state index in [1.54, 1.807) is 0 Å². The van der Waals surface area contributed by atoms with E-state index in [4.69, 9.17) is 22.1 Å². The topological polar surface area (TPSA) is 52.3 Å². The molecule has 0 radical (unpaired) electrons. The maximum absolute atomic E-state index is 14.8. The molecule has 0 unspecified atom stereocenters. The van der Waals surface area contributed by atoms with Crippen LogP contribution >= 0.6 is 11.6 Å². The first-order valence-corrected chi connectivity index (χ1v) is 9.60. The minimum Gasteiger partial charge on any atom is -0.482 e. The fourth-order valence-corrected chi connectivity index (χ4v) is 4.25. The fraction of sp³-hybridized carbons (Fsp3) is 0.174. The molecule has 0 fully saturated rings. The van der Waals surface area contributed by atoms with Crippen LogP contribution in [0.3, 0.4) is 0 Å². The lowest BCUT2D eigenvalue weighted by Crippen LogP contribution is -2.30. The van der Waals surface area contributed by atoms with Gasteiger partial charge in [0.15, 0.2) is 0 Å². The van der Waals surface area contributed by atoms with Crippen LogP contribution in [0.2, 0.25) is 5.02 Å². The molecular formula is C23H18ClF2NO2. The predicted molar refractivity (Wildman–Crippen MR) is 108 cm³/mol. The molecule has 0 bridgehead atoms. The van der Waals surface area contributed by atoms with E-state index >= 15 is 0 Å². The minimum absolute atomic E-state index is 0.0617. The molecular weight excluding hydrogens is 396 g/mol. The molecule has 0 aromatic heterocycles. The SMILES string of the molecule is CC[C@@]1(c2ccccc2)Cc2c(cc(F)c(Cl)c2-c2c(F)cccc2C(N)=O)O1. The Hall–Kier alpha value is -2.92. The van der Waals surface area contributed by atoms with Gasteiger partial charge in [-0.15, -0.1) is 0 Å². The Bertz CT molecular complexity index is 1120. The molecule has 0 aliphatic carbocycles. The average Bonchev–Trinajstić information content (AvgIpc) is 3.09. The molecule has 1 atom stereocenters. The first-order chi connectivity index (χ1) is 13.9. The Morgan fingerprint density at radius 3 is 2.48 bits per heavy atom. The lowest BCUT2D eigenvalue weighted by molar-refractivity contribution is 0.0882. The van der Waals surface area contributed by atoms with Crippen LogP contribution in [0.5, 0.6) is 5.75 Å². The van der Waals surface area contributed by atoms with Crippen molar-refractivity contribution in [2.24, 2.45) is 5.73 Å². The number of fused-ring (bicyclic) bond motifs is 1. The Morgan fingerprint density at radius 2 is 1.83 bits per heavy atom. The molecule has 2 N–H and O–H groups in total. The molecule has 1 amide bonds. The van der Waals surface area contributed by atoms with Crippen LogP contribution in [0.25, 0.3) is 11.1 Å². The van der Waals surface area contributed by atoms with Gasteiger partial charge in [-0.2, -0.15) is 0 Å². The number of hydrogen-bond donors (Lipinski definition) is 1. The number of amides is 1. The van der Waals surface area contributed by atoms with Gasteiger partial charge in [0.25, 0.3) is 0 Å². The Balaban J connectivity index is 1.98. The van der Waals surface area contributed by atoms with Crippen molar-refractivity contribution < 1.29 is 18.3 Å². The Morgan fingerprint density at radius 1 is 1.10 bits per heavy atom. The third-order valence-electron chi connectivity index (χ3n) is 5.45. The van der Waals surface area contributed by atoms with Gasteiger partial charge in [-0.05, 0) is 24.1 Å². The summed E-state index contributed by atoms with van der Waals surface area (Å²) in [4.78, 5) is 11.9. The number of carbonyl (C=O) groups excluding carboxylic acids is 1. The summed E-state index contributed by atoms with van der Waals surface area (Å²) in [5.41, 5.74) is 6.12. The summed E-state index contributed by atoms with van der Waals surface area (Å²) in [6.07, 6.45) is 0.953. The highest BCUT2D eigenvalue weighted by Gasteiger charge is 2.42. The number of nitrogens with two attached hydrogens (primary N) is 1. The van der Waals surface area contributed by atoms with Gasteiger partial charge in [-0.25, -0.2) is 8.78 Å². The van der Waals surface area contributed by atoms with E-state index in [2.05, 4.69) is 0 Å². The standard InChI is InChI=1S/C23H18ClF2NO2/c1-2-23(13-7-4-3-5-8-13)12-15-18(29-23)11-17(26)21(24)20(15)19-14(22(27)28)9-6-10-16(19)25/h3-11H,2,12H2,1H3,(H2,27,28)/t23-/m0/s1. The highest BCUT2D eigenvalue weighted by atomic mass is 35.5. The van der Waals surface area contributed by atoms with Crippen molar-refractivity contribution in [1.82, 2.24) is 0 Å². The molecule has 29 heavy (non-hydrogen) atoms. The zero-order valence-corrected chi connectivity index (χ0v) is 16.4.